The number of halogens is 2. The first-order chi connectivity index (χ1) is 19.9. The summed E-state index contributed by atoms with van der Waals surface area (Å²) in [6.45, 7) is 1.18. The number of amides is 1. The number of nitrogens with zero attached hydrogens (tertiary/aromatic N) is 2. The number of ether oxygens (including phenoxy) is 2. The highest BCUT2D eigenvalue weighted by molar-refractivity contribution is 6.42. The summed E-state index contributed by atoms with van der Waals surface area (Å²) in [5.74, 6) is 0.642. The standard InChI is InChI=1S/C31H28Cl2N4O4/c32-26-12-10-23(16-27(26)33)37-31(39)29(28(18-35-37)41-24-11-9-19-4-1-5-20(19)15-24)36-22-7-2-6-21(14-22)30(38)34-17-25-8-3-13-40-25/h2,6-7,9-12,14-16,18,25,36H,1,3-5,8,13,17H2,(H,34,38). The van der Waals surface area contributed by atoms with Gasteiger partial charge in [0.1, 0.15) is 5.75 Å². The lowest BCUT2D eigenvalue weighted by atomic mass is 10.1. The van der Waals surface area contributed by atoms with Crippen LogP contribution in [0.15, 0.2) is 71.7 Å². The molecule has 1 unspecified atom stereocenters. The fraction of sp³-hybridized carbons (Fsp3) is 0.258. The zero-order valence-corrected chi connectivity index (χ0v) is 23.7. The van der Waals surface area contributed by atoms with E-state index < -0.39 is 5.56 Å². The van der Waals surface area contributed by atoms with Gasteiger partial charge in [0, 0.05) is 24.4 Å². The Labute approximate surface area is 247 Å². The molecule has 1 amide bonds. The second-order valence-electron chi connectivity index (χ2n) is 10.1. The predicted octanol–water partition coefficient (Wildman–Crippen LogP) is 6.47. The molecule has 1 atom stereocenters. The molecule has 1 aromatic heterocycles. The minimum Gasteiger partial charge on any atom is -0.453 e. The second kappa shape index (κ2) is 11.9. The fourth-order valence-corrected chi connectivity index (χ4v) is 5.46. The van der Waals surface area contributed by atoms with Gasteiger partial charge in [0.2, 0.25) is 0 Å². The zero-order valence-electron chi connectivity index (χ0n) is 22.2. The molecule has 0 bridgehead atoms. The van der Waals surface area contributed by atoms with E-state index >= 15 is 0 Å². The van der Waals surface area contributed by atoms with Crippen molar-refractivity contribution in [1.29, 1.82) is 0 Å². The van der Waals surface area contributed by atoms with Crippen LogP contribution in [0.1, 0.15) is 40.7 Å². The molecule has 1 aliphatic carbocycles. The Bertz CT molecular complexity index is 1670. The minimum atomic E-state index is -0.463. The van der Waals surface area contributed by atoms with E-state index in [-0.39, 0.29) is 23.4 Å². The highest BCUT2D eigenvalue weighted by Gasteiger charge is 2.19. The summed E-state index contributed by atoms with van der Waals surface area (Å²) in [5.41, 5.74) is 3.69. The number of aryl methyl sites for hydroxylation is 2. The van der Waals surface area contributed by atoms with Gasteiger partial charge in [-0.3, -0.25) is 9.59 Å². The highest BCUT2D eigenvalue weighted by Crippen LogP contribution is 2.33. The van der Waals surface area contributed by atoms with Gasteiger partial charge >= 0.3 is 0 Å². The number of anilines is 2. The van der Waals surface area contributed by atoms with Crippen molar-refractivity contribution >= 4 is 40.5 Å². The first kappa shape index (κ1) is 27.3. The Morgan fingerprint density at radius 1 is 1.02 bits per heavy atom. The average Bonchev–Trinajstić information content (AvgIpc) is 3.67. The van der Waals surface area contributed by atoms with Gasteiger partial charge in [0.25, 0.3) is 11.5 Å². The Morgan fingerprint density at radius 2 is 1.90 bits per heavy atom. The van der Waals surface area contributed by atoms with E-state index in [0.29, 0.717) is 39.3 Å². The molecular weight excluding hydrogens is 563 g/mol. The predicted molar refractivity (Wildman–Crippen MR) is 159 cm³/mol. The molecule has 4 aromatic rings. The maximum atomic E-state index is 13.8. The van der Waals surface area contributed by atoms with Crippen molar-refractivity contribution in [2.45, 2.75) is 38.2 Å². The smallest absolute Gasteiger partial charge is 0.299 e. The average molecular weight is 591 g/mol. The maximum Gasteiger partial charge on any atom is 0.299 e. The number of benzene rings is 3. The molecule has 41 heavy (non-hydrogen) atoms. The number of fused-ring (bicyclic) bond motifs is 1. The molecule has 1 saturated heterocycles. The van der Waals surface area contributed by atoms with Crippen molar-refractivity contribution in [3.8, 4) is 17.2 Å². The molecule has 1 aliphatic heterocycles. The molecular formula is C31H28Cl2N4O4. The van der Waals surface area contributed by atoms with Gasteiger partial charge in [-0.2, -0.15) is 9.78 Å². The van der Waals surface area contributed by atoms with Crippen LogP contribution < -0.4 is 20.9 Å². The molecule has 6 rings (SSSR count). The molecule has 0 radical (unpaired) electrons. The van der Waals surface area contributed by atoms with Crippen LogP contribution in [0.25, 0.3) is 5.69 Å². The van der Waals surface area contributed by atoms with Crippen LogP contribution in [-0.4, -0.2) is 34.9 Å². The van der Waals surface area contributed by atoms with Crippen molar-refractivity contribution in [1.82, 2.24) is 15.1 Å². The van der Waals surface area contributed by atoms with Crippen LogP contribution in [0, 0.1) is 0 Å². The maximum absolute atomic E-state index is 13.8. The summed E-state index contributed by atoms with van der Waals surface area (Å²) in [6, 6.07) is 17.7. The van der Waals surface area contributed by atoms with Gasteiger partial charge in [-0.25, -0.2) is 0 Å². The molecule has 210 valence electrons. The third kappa shape index (κ3) is 6.10. The first-order valence-corrected chi connectivity index (χ1v) is 14.3. The molecule has 2 heterocycles. The third-order valence-electron chi connectivity index (χ3n) is 7.30. The molecule has 3 aromatic carbocycles. The van der Waals surface area contributed by atoms with Crippen LogP contribution in [0.3, 0.4) is 0 Å². The Hall–Kier alpha value is -3.85. The summed E-state index contributed by atoms with van der Waals surface area (Å²) in [5, 5.41) is 11.1. The number of carbonyl (C=O) groups is 1. The van der Waals surface area contributed by atoms with Crippen molar-refractivity contribution in [2.75, 3.05) is 18.5 Å². The van der Waals surface area contributed by atoms with Gasteiger partial charge in [-0.1, -0.05) is 35.3 Å². The molecule has 2 N–H and O–H groups in total. The van der Waals surface area contributed by atoms with Gasteiger partial charge in [0.15, 0.2) is 11.4 Å². The molecule has 0 spiro atoms. The summed E-state index contributed by atoms with van der Waals surface area (Å²) < 4.78 is 13.0. The molecule has 8 nitrogen and oxygen atoms in total. The van der Waals surface area contributed by atoms with E-state index in [9.17, 15) is 9.59 Å². The van der Waals surface area contributed by atoms with Crippen LogP contribution in [0.2, 0.25) is 10.0 Å². The van der Waals surface area contributed by atoms with Gasteiger partial charge in [-0.05, 0) is 91.8 Å². The molecule has 2 aliphatic rings. The summed E-state index contributed by atoms with van der Waals surface area (Å²) in [7, 11) is 0. The monoisotopic (exact) mass is 590 g/mol. The van der Waals surface area contributed by atoms with E-state index in [1.807, 2.05) is 12.1 Å². The van der Waals surface area contributed by atoms with E-state index in [2.05, 4.69) is 21.8 Å². The van der Waals surface area contributed by atoms with Crippen LogP contribution in [0.5, 0.6) is 11.5 Å². The van der Waals surface area contributed by atoms with E-state index in [1.54, 1.807) is 42.5 Å². The second-order valence-corrected chi connectivity index (χ2v) is 11.0. The third-order valence-corrected chi connectivity index (χ3v) is 8.04. The van der Waals surface area contributed by atoms with E-state index in [1.165, 1.54) is 22.0 Å². The number of nitrogens with one attached hydrogen (secondary N) is 2. The van der Waals surface area contributed by atoms with Gasteiger partial charge in [-0.15, -0.1) is 0 Å². The molecule has 10 heteroatoms. The first-order valence-electron chi connectivity index (χ1n) is 13.6. The van der Waals surface area contributed by atoms with Crippen molar-refractivity contribution in [3.05, 3.63) is 104 Å². The van der Waals surface area contributed by atoms with E-state index in [0.717, 1.165) is 38.7 Å². The van der Waals surface area contributed by atoms with Crippen molar-refractivity contribution in [3.63, 3.8) is 0 Å². The number of rotatable bonds is 8. The summed E-state index contributed by atoms with van der Waals surface area (Å²) >= 11 is 12.3. The topological polar surface area (TPSA) is 94.5 Å². The number of hydrogen-bond donors (Lipinski definition) is 2. The lowest BCUT2D eigenvalue weighted by Gasteiger charge is -2.16. The summed E-state index contributed by atoms with van der Waals surface area (Å²) in [6.07, 6.45) is 6.62. The van der Waals surface area contributed by atoms with E-state index in [4.69, 9.17) is 32.7 Å². The minimum absolute atomic E-state index is 0.0378. The zero-order chi connectivity index (χ0) is 28.3. The van der Waals surface area contributed by atoms with Crippen molar-refractivity contribution < 1.29 is 14.3 Å². The highest BCUT2D eigenvalue weighted by atomic mass is 35.5. The van der Waals surface area contributed by atoms with Gasteiger partial charge < -0.3 is 20.1 Å². The van der Waals surface area contributed by atoms with Crippen LogP contribution in [0.4, 0.5) is 11.4 Å². The Kier molecular flexibility index (Phi) is 7.96. The van der Waals surface area contributed by atoms with Crippen LogP contribution in [-0.2, 0) is 17.6 Å². The number of aromatic nitrogens is 2. The normalized spacial score (nSPS) is 15.9. The van der Waals surface area contributed by atoms with Crippen LogP contribution >= 0.6 is 23.2 Å². The quantitative estimate of drug-likeness (QED) is 0.244. The number of carbonyl (C=O) groups excluding carboxylic acids is 1. The lowest BCUT2D eigenvalue weighted by Crippen LogP contribution is -2.31. The van der Waals surface area contributed by atoms with Gasteiger partial charge in [0.05, 0.1) is 28.0 Å². The largest absolute Gasteiger partial charge is 0.453 e. The fourth-order valence-electron chi connectivity index (χ4n) is 5.17. The molecule has 0 saturated carbocycles. The lowest BCUT2D eigenvalue weighted by molar-refractivity contribution is 0.0858. The molecule has 1 fully saturated rings. The Balaban J connectivity index is 1.32. The number of hydrogen-bond acceptors (Lipinski definition) is 6. The SMILES string of the molecule is O=C(NCC1CCCO1)c1cccc(Nc2c(Oc3ccc4c(c3)CCC4)cnn(-c3ccc(Cl)c(Cl)c3)c2=O)c1. The van der Waals surface area contributed by atoms with Crippen molar-refractivity contribution in [2.24, 2.45) is 0 Å². The Morgan fingerprint density at radius 3 is 2.73 bits per heavy atom. The summed E-state index contributed by atoms with van der Waals surface area (Å²) in [4.78, 5) is 26.7.